The second-order valence-electron chi connectivity index (χ2n) is 5.77. The largest absolute Gasteiger partial charge is 0.434 e. The number of nitrogens with one attached hydrogen (secondary N) is 2. The molecule has 0 aliphatic carbocycles. The van der Waals surface area contributed by atoms with Gasteiger partial charge in [-0.25, -0.2) is 4.98 Å². The maximum Gasteiger partial charge on any atom is 0.434 e. The Morgan fingerprint density at radius 3 is 2.54 bits per heavy atom. The number of aliphatic imine (C=N–C) groups is 1. The molecule has 0 saturated carbocycles. The molecule has 12 heteroatoms. The molecule has 0 saturated heterocycles. The summed E-state index contributed by atoms with van der Waals surface area (Å²) in [7, 11) is 3.24. The quantitative estimate of drug-likeness (QED) is 0.326. The van der Waals surface area contributed by atoms with E-state index in [0.29, 0.717) is 30.7 Å². The van der Waals surface area contributed by atoms with Crippen LogP contribution < -0.4 is 10.6 Å². The van der Waals surface area contributed by atoms with Crippen LogP contribution in [-0.2, 0) is 30.5 Å². The van der Waals surface area contributed by atoms with Gasteiger partial charge in [0.2, 0.25) is 0 Å². The number of rotatable bonds is 7. The van der Waals surface area contributed by atoms with Crippen LogP contribution in [-0.4, -0.2) is 41.5 Å². The lowest BCUT2D eigenvalue weighted by Crippen LogP contribution is -2.36. The molecule has 2 aromatic rings. The summed E-state index contributed by atoms with van der Waals surface area (Å²) in [6.45, 7) is 5.81. The van der Waals surface area contributed by atoms with E-state index < -0.39 is 11.9 Å². The Kier molecular flexibility index (Phi) is 9.63. The van der Waals surface area contributed by atoms with E-state index in [4.69, 9.17) is 4.74 Å². The van der Waals surface area contributed by atoms with E-state index in [-0.39, 0.29) is 30.5 Å². The van der Waals surface area contributed by atoms with E-state index in [2.05, 4.69) is 25.7 Å². The zero-order chi connectivity index (χ0) is 20.0. The van der Waals surface area contributed by atoms with Gasteiger partial charge in [0.15, 0.2) is 11.7 Å². The third-order valence-corrected chi connectivity index (χ3v) is 4.79. The SMILES string of the molecule is CN=C(NCc1nc(C(F)(F)F)cs1)NCc1c(C)nn(CCOC)c1C.I. The monoisotopic (exact) mass is 532 g/mol. The molecule has 0 amide bonds. The maximum absolute atomic E-state index is 12.6. The van der Waals surface area contributed by atoms with Crippen molar-refractivity contribution in [1.82, 2.24) is 25.4 Å². The minimum Gasteiger partial charge on any atom is -0.383 e. The fourth-order valence-corrected chi connectivity index (χ4v) is 3.20. The van der Waals surface area contributed by atoms with Crippen LogP contribution in [0.1, 0.15) is 27.7 Å². The number of aryl methyl sites for hydroxylation is 1. The Morgan fingerprint density at radius 2 is 1.96 bits per heavy atom. The summed E-state index contributed by atoms with van der Waals surface area (Å²) in [5, 5.41) is 12.0. The van der Waals surface area contributed by atoms with Crippen molar-refractivity contribution in [2.75, 3.05) is 20.8 Å². The third kappa shape index (κ3) is 6.58. The summed E-state index contributed by atoms with van der Waals surface area (Å²) in [5.41, 5.74) is 2.10. The minimum absolute atomic E-state index is 0. The number of guanidine groups is 1. The lowest BCUT2D eigenvalue weighted by Gasteiger charge is -2.11. The molecule has 158 valence electrons. The van der Waals surface area contributed by atoms with Crippen LogP contribution in [0.3, 0.4) is 0 Å². The predicted octanol–water partition coefficient (Wildman–Crippen LogP) is 3.10. The summed E-state index contributed by atoms with van der Waals surface area (Å²) in [6, 6.07) is 0. The number of hydrogen-bond acceptors (Lipinski definition) is 5. The summed E-state index contributed by atoms with van der Waals surface area (Å²) in [6.07, 6.45) is -4.42. The Balaban J connectivity index is 0.00000392. The number of nitrogens with zero attached hydrogens (tertiary/aromatic N) is 4. The molecule has 0 spiro atoms. The van der Waals surface area contributed by atoms with Crippen molar-refractivity contribution in [2.45, 2.75) is 39.7 Å². The third-order valence-electron chi connectivity index (χ3n) is 3.94. The Labute approximate surface area is 182 Å². The molecule has 2 rings (SSSR count). The van der Waals surface area contributed by atoms with Crippen molar-refractivity contribution in [3.05, 3.63) is 33.0 Å². The number of ether oxygens (including phenoxy) is 1. The highest BCUT2D eigenvalue weighted by Gasteiger charge is 2.33. The van der Waals surface area contributed by atoms with Crippen molar-refractivity contribution < 1.29 is 17.9 Å². The summed E-state index contributed by atoms with van der Waals surface area (Å²) in [4.78, 5) is 7.68. The van der Waals surface area contributed by atoms with E-state index in [9.17, 15) is 13.2 Å². The van der Waals surface area contributed by atoms with E-state index in [0.717, 1.165) is 33.7 Å². The van der Waals surface area contributed by atoms with Crippen molar-refractivity contribution in [3.63, 3.8) is 0 Å². The van der Waals surface area contributed by atoms with Gasteiger partial charge in [0.05, 0.1) is 25.4 Å². The molecular weight excluding hydrogens is 508 g/mol. The molecular formula is C16H24F3IN6OS. The maximum atomic E-state index is 12.6. The zero-order valence-corrected chi connectivity index (χ0v) is 19.2. The smallest absolute Gasteiger partial charge is 0.383 e. The molecule has 2 heterocycles. The minimum atomic E-state index is -4.42. The normalized spacial score (nSPS) is 12.0. The van der Waals surface area contributed by atoms with Gasteiger partial charge in [-0.2, -0.15) is 18.3 Å². The van der Waals surface area contributed by atoms with Gasteiger partial charge >= 0.3 is 6.18 Å². The lowest BCUT2D eigenvalue weighted by molar-refractivity contribution is -0.140. The van der Waals surface area contributed by atoms with Gasteiger partial charge in [0.25, 0.3) is 0 Å². The Morgan fingerprint density at radius 1 is 1.29 bits per heavy atom. The van der Waals surface area contributed by atoms with Crippen LogP contribution in [0, 0.1) is 13.8 Å². The van der Waals surface area contributed by atoms with E-state index >= 15 is 0 Å². The molecule has 0 aliphatic heterocycles. The average Bonchev–Trinajstić information content (AvgIpc) is 3.19. The van der Waals surface area contributed by atoms with Crippen molar-refractivity contribution in [2.24, 2.45) is 4.99 Å². The van der Waals surface area contributed by atoms with Crippen molar-refractivity contribution in [1.29, 1.82) is 0 Å². The Bertz CT molecular complexity index is 790. The number of thiazole rings is 1. The van der Waals surface area contributed by atoms with Crippen LogP contribution in [0.15, 0.2) is 10.4 Å². The highest BCUT2D eigenvalue weighted by Crippen LogP contribution is 2.29. The molecule has 2 aromatic heterocycles. The number of alkyl halides is 3. The molecule has 0 aromatic carbocycles. The first-order valence-electron chi connectivity index (χ1n) is 8.24. The van der Waals surface area contributed by atoms with Crippen LogP contribution >= 0.6 is 35.3 Å². The van der Waals surface area contributed by atoms with Gasteiger partial charge in [-0.15, -0.1) is 35.3 Å². The van der Waals surface area contributed by atoms with Gasteiger partial charge in [-0.3, -0.25) is 9.67 Å². The molecule has 2 N–H and O–H groups in total. The van der Waals surface area contributed by atoms with Crippen molar-refractivity contribution in [3.8, 4) is 0 Å². The van der Waals surface area contributed by atoms with Crippen LogP contribution in [0.25, 0.3) is 0 Å². The average molecular weight is 532 g/mol. The Hall–Kier alpha value is -1.41. The van der Waals surface area contributed by atoms with Gasteiger partial charge in [-0.05, 0) is 13.8 Å². The first kappa shape index (κ1) is 24.6. The van der Waals surface area contributed by atoms with E-state index in [1.807, 2.05) is 18.5 Å². The molecule has 0 atom stereocenters. The van der Waals surface area contributed by atoms with Gasteiger partial charge in [-0.1, -0.05) is 0 Å². The highest BCUT2D eigenvalue weighted by molar-refractivity contribution is 14.0. The molecule has 7 nitrogen and oxygen atoms in total. The highest BCUT2D eigenvalue weighted by atomic mass is 127. The zero-order valence-electron chi connectivity index (χ0n) is 16.1. The number of hydrogen-bond donors (Lipinski definition) is 2. The standard InChI is InChI=1S/C16H23F3N6OS.HI/c1-10-12(11(2)25(24-10)5-6-26-4)7-21-15(20-3)22-8-14-23-13(9-27-14)16(17,18)19;/h9H,5-8H2,1-4H3,(H2,20,21,22);1H. The fraction of sp³-hybridized carbons (Fsp3) is 0.562. The van der Waals surface area contributed by atoms with Crippen LogP contribution in [0.4, 0.5) is 13.2 Å². The molecule has 0 fully saturated rings. The molecule has 28 heavy (non-hydrogen) atoms. The summed E-state index contributed by atoms with van der Waals surface area (Å²) < 4.78 is 44.8. The lowest BCUT2D eigenvalue weighted by atomic mass is 10.2. The van der Waals surface area contributed by atoms with E-state index in [1.54, 1.807) is 14.2 Å². The van der Waals surface area contributed by atoms with Crippen LogP contribution in [0.5, 0.6) is 0 Å². The van der Waals surface area contributed by atoms with Crippen LogP contribution in [0.2, 0.25) is 0 Å². The summed E-state index contributed by atoms with van der Waals surface area (Å²) in [5.74, 6) is 0.474. The molecule has 0 radical (unpaired) electrons. The number of halogens is 4. The number of aromatic nitrogens is 3. The molecule has 0 bridgehead atoms. The molecule has 0 unspecified atom stereocenters. The first-order chi connectivity index (χ1) is 12.8. The van der Waals surface area contributed by atoms with E-state index in [1.165, 1.54) is 0 Å². The van der Waals surface area contributed by atoms with Gasteiger partial charge < -0.3 is 15.4 Å². The molecule has 0 aliphatic rings. The predicted molar refractivity (Wildman–Crippen MR) is 113 cm³/mol. The number of methoxy groups -OCH3 is 1. The summed E-state index contributed by atoms with van der Waals surface area (Å²) >= 11 is 0.958. The van der Waals surface area contributed by atoms with Gasteiger partial charge in [0, 0.05) is 37.3 Å². The fourth-order valence-electron chi connectivity index (χ4n) is 2.46. The van der Waals surface area contributed by atoms with Crippen molar-refractivity contribution >= 4 is 41.3 Å². The second-order valence-corrected chi connectivity index (χ2v) is 6.71. The topological polar surface area (TPSA) is 76.4 Å². The van der Waals surface area contributed by atoms with Gasteiger partial charge in [0.1, 0.15) is 5.01 Å². The first-order valence-corrected chi connectivity index (χ1v) is 9.12. The second kappa shape index (κ2) is 11.0.